The van der Waals surface area contributed by atoms with E-state index in [2.05, 4.69) is 10.3 Å². The fourth-order valence-corrected chi connectivity index (χ4v) is 1.81. The molecule has 0 saturated carbocycles. The number of aromatic nitrogens is 3. The predicted molar refractivity (Wildman–Crippen MR) is 77.8 cm³/mol. The summed E-state index contributed by atoms with van der Waals surface area (Å²) in [7, 11) is 0. The topological polar surface area (TPSA) is 110 Å². The lowest BCUT2D eigenvalue weighted by Crippen LogP contribution is -2.18. The van der Waals surface area contributed by atoms with Crippen LogP contribution in [0, 0.1) is 0 Å². The molecule has 23 heavy (non-hydrogen) atoms. The minimum Gasteiger partial charge on any atom is -0.466 e. The molecule has 0 fully saturated rings. The summed E-state index contributed by atoms with van der Waals surface area (Å²) in [5, 5.41) is 7.47. The lowest BCUT2D eigenvalue weighted by Gasteiger charge is -2.07. The van der Waals surface area contributed by atoms with Crippen LogP contribution < -0.4 is 0 Å². The van der Waals surface area contributed by atoms with Crippen molar-refractivity contribution in [3.05, 3.63) is 11.4 Å². The van der Waals surface area contributed by atoms with Gasteiger partial charge in [-0.3, -0.25) is 4.79 Å². The molecular weight excluding hydrogens is 306 g/mol. The SMILES string of the molecule is CCOC(=O)CCCn1nnc(C(=O)OCC)c1C(=O)OCC. The first-order valence-corrected chi connectivity index (χ1v) is 7.48. The first-order chi connectivity index (χ1) is 11.0. The van der Waals surface area contributed by atoms with Crippen molar-refractivity contribution in [3.63, 3.8) is 0 Å². The molecule has 0 bridgehead atoms. The number of hydrogen-bond donors (Lipinski definition) is 0. The second-order valence-corrected chi connectivity index (χ2v) is 4.36. The van der Waals surface area contributed by atoms with Crippen molar-refractivity contribution >= 4 is 17.9 Å². The van der Waals surface area contributed by atoms with Crippen molar-refractivity contribution in [1.82, 2.24) is 15.0 Å². The van der Waals surface area contributed by atoms with Crippen LogP contribution in [0.1, 0.15) is 54.6 Å². The van der Waals surface area contributed by atoms with Gasteiger partial charge in [-0.1, -0.05) is 5.21 Å². The lowest BCUT2D eigenvalue weighted by atomic mass is 10.3. The number of rotatable bonds is 9. The monoisotopic (exact) mass is 327 g/mol. The van der Waals surface area contributed by atoms with E-state index in [4.69, 9.17) is 14.2 Å². The molecule has 0 aromatic carbocycles. The van der Waals surface area contributed by atoms with Crippen LogP contribution in [0.3, 0.4) is 0 Å². The summed E-state index contributed by atoms with van der Waals surface area (Å²) in [4.78, 5) is 35.2. The third-order valence-corrected chi connectivity index (χ3v) is 2.73. The maximum absolute atomic E-state index is 12.0. The van der Waals surface area contributed by atoms with Crippen LogP contribution in [0.2, 0.25) is 0 Å². The molecular formula is C14H21N3O6. The highest BCUT2D eigenvalue weighted by Gasteiger charge is 2.27. The minimum absolute atomic E-state index is 0.0749. The molecule has 0 radical (unpaired) electrons. The number of hydrogen-bond acceptors (Lipinski definition) is 8. The number of carbonyl (C=O) groups excluding carboxylic acids is 3. The molecule has 1 rings (SSSR count). The van der Waals surface area contributed by atoms with Gasteiger partial charge in [-0.2, -0.15) is 0 Å². The largest absolute Gasteiger partial charge is 0.466 e. The fraction of sp³-hybridized carbons (Fsp3) is 0.643. The maximum Gasteiger partial charge on any atom is 0.361 e. The maximum atomic E-state index is 12.0. The third-order valence-electron chi connectivity index (χ3n) is 2.73. The van der Waals surface area contributed by atoms with Gasteiger partial charge in [0, 0.05) is 13.0 Å². The Kier molecular flexibility index (Phi) is 7.72. The second kappa shape index (κ2) is 9.54. The van der Waals surface area contributed by atoms with E-state index in [-0.39, 0.29) is 43.5 Å². The predicted octanol–water partition coefficient (Wildman–Crippen LogP) is 0.975. The van der Waals surface area contributed by atoms with Gasteiger partial charge in [0.15, 0.2) is 5.69 Å². The van der Waals surface area contributed by atoms with Crippen molar-refractivity contribution in [1.29, 1.82) is 0 Å². The Labute approximate surface area is 133 Å². The minimum atomic E-state index is -0.743. The van der Waals surface area contributed by atoms with E-state index >= 15 is 0 Å². The van der Waals surface area contributed by atoms with Crippen LogP contribution in [0.5, 0.6) is 0 Å². The van der Waals surface area contributed by atoms with Gasteiger partial charge in [-0.05, 0) is 27.2 Å². The zero-order valence-electron chi connectivity index (χ0n) is 13.5. The first kappa shape index (κ1) is 18.6. The average Bonchev–Trinajstić information content (AvgIpc) is 2.92. The Morgan fingerprint density at radius 3 is 2.17 bits per heavy atom. The Morgan fingerprint density at radius 2 is 1.57 bits per heavy atom. The first-order valence-electron chi connectivity index (χ1n) is 7.48. The van der Waals surface area contributed by atoms with Gasteiger partial charge >= 0.3 is 17.9 Å². The van der Waals surface area contributed by atoms with Gasteiger partial charge < -0.3 is 14.2 Å². The number of nitrogens with zero attached hydrogens (tertiary/aromatic N) is 3. The molecule has 0 aliphatic heterocycles. The molecule has 1 aromatic heterocycles. The Morgan fingerprint density at radius 1 is 0.957 bits per heavy atom. The summed E-state index contributed by atoms with van der Waals surface area (Å²) in [6.45, 7) is 5.84. The van der Waals surface area contributed by atoms with E-state index in [9.17, 15) is 14.4 Å². The smallest absolute Gasteiger partial charge is 0.361 e. The number of carbonyl (C=O) groups is 3. The Balaban J connectivity index is 2.87. The molecule has 0 unspecified atom stereocenters. The number of aryl methyl sites for hydroxylation is 1. The second-order valence-electron chi connectivity index (χ2n) is 4.36. The summed E-state index contributed by atoms with van der Waals surface area (Å²) in [5.74, 6) is -1.79. The molecule has 0 aliphatic carbocycles. The Bertz CT molecular complexity index is 555. The van der Waals surface area contributed by atoms with E-state index in [1.165, 1.54) is 4.68 Å². The highest BCUT2D eigenvalue weighted by molar-refractivity contribution is 6.00. The standard InChI is InChI=1S/C14H21N3O6/c1-4-21-10(18)8-7-9-17-12(14(20)23-6-3)11(15-16-17)13(19)22-5-2/h4-9H2,1-3H3. The van der Waals surface area contributed by atoms with Crippen LogP contribution in [-0.4, -0.2) is 52.7 Å². The van der Waals surface area contributed by atoms with Crippen molar-refractivity contribution < 1.29 is 28.6 Å². The van der Waals surface area contributed by atoms with Crippen LogP contribution >= 0.6 is 0 Å². The molecule has 128 valence electrons. The molecule has 9 nitrogen and oxygen atoms in total. The van der Waals surface area contributed by atoms with Gasteiger partial charge in [0.1, 0.15) is 0 Å². The molecule has 0 N–H and O–H groups in total. The van der Waals surface area contributed by atoms with Gasteiger partial charge in [-0.25, -0.2) is 14.3 Å². The molecule has 1 aromatic rings. The molecule has 0 atom stereocenters. The van der Waals surface area contributed by atoms with Crippen LogP contribution in [-0.2, 0) is 25.5 Å². The summed E-state index contributed by atoms with van der Waals surface area (Å²) >= 11 is 0. The summed E-state index contributed by atoms with van der Waals surface area (Å²) in [5.41, 5.74) is -0.268. The van der Waals surface area contributed by atoms with Gasteiger partial charge in [0.2, 0.25) is 5.69 Å². The zero-order chi connectivity index (χ0) is 17.2. The fourth-order valence-electron chi connectivity index (χ4n) is 1.81. The molecule has 0 aliphatic rings. The van der Waals surface area contributed by atoms with Crippen molar-refractivity contribution in [2.24, 2.45) is 0 Å². The highest BCUT2D eigenvalue weighted by atomic mass is 16.5. The summed E-state index contributed by atoms with van der Waals surface area (Å²) in [6.07, 6.45) is 0.557. The van der Waals surface area contributed by atoms with Crippen molar-refractivity contribution in [2.45, 2.75) is 40.2 Å². The Hall–Kier alpha value is -2.45. The van der Waals surface area contributed by atoms with Crippen LogP contribution in [0.15, 0.2) is 0 Å². The van der Waals surface area contributed by atoms with E-state index in [1.807, 2.05) is 0 Å². The number of ether oxygens (including phenoxy) is 3. The van der Waals surface area contributed by atoms with Crippen LogP contribution in [0.25, 0.3) is 0 Å². The van der Waals surface area contributed by atoms with Crippen LogP contribution in [0.4, 0.5) is 0 Å². The lowest BCUT2D eigenvalue weighted by molar-refractivity contribution is -0.143. The van der Waals surface area contributed by atoms with E-state index < -0.39 is 11.9 Å². The molecule has 0 spiro atoms. The average molecular weight is 327 g/mol. The van der Waals surface area contributed by atoms with E-state index in [0.717, 1.165) is 0 Å². The van der Waals surface area contributed by atoms with Gasteiger partial charge in [0.25, 0.3) is 0 Å². The summed E-state index contributed by atoms with van der Waals surface area (Å²) in [6, 6.07) is 0. The number of esters is 3. The van der Waals surface area contributed by atoms with Crippen molar-refractivity contribution in [2.75, 3.05) is 19.8 Å². The molecule has 0 amide bonds. The van der Waals surface area contributed by atoms with Gasteiger partial charge in [-0.15, -0.1) is 5.10 Å². The molecule has 1 heterocycles. The van der Waals surface area contributed by atoms with E-state index in [1.54, 1.807) is 20.8 Å². The molecule has 9 heteroatoms. The molecule has 0 saturated heterocycles. The summed E-state index contributed by atoms with van der Waals surface area (Å²) < 4.78 is 15.8. The van der Waals surface area contributed by atoms with Gasteiger partial charge in [0.05, 0.1) is 19.8 Å². The quantitative estimate of drug-likeness (QED) is 0.487. The highest BCUT2D eigenvalue weighted by Crippen LogP contribution is 2.11. The van der Waals surface area contributed by atoms with E-state index in [0.29, 0.717) is 13.0 Å². The zero-order valence-corrected chi connectivity index (χ0v) is 13.5. The third kappa shape index (κ3) is 5.35. The normalized spacial score (nSPS) is 10.2. The van der Waals surface area contributed by atoms with Crippen molar-refractivity contribution in [3.8, 4) is 0 Å².